The number of hydrogen-bond acceptors (Lipinski definition) is 2. The Labute approximate surface area is 102 Å². The highest BCUT2D eigenvalue weighted by Crippen LogP contribution is 2.39. The molecule has 3 heteroatoms. The second kappa shape index (κ2) is 4.78. The fraction of sp³-hybridized carbons (Fsp3) is 0.500. The number of aliphatic carboxylic acids is 1. The number of para-hydroxylation sites is 1. The molecule has 1 aliphatic rings. The van der Waals surface area contributed by atoms with Gasteiger partial charge < -0.3 is 10.4 Å². The SMILES string of the molecule is CC(C)c1ccccc1NCC1CC1C(=O)O. The first-order valence-corrected chi connectivity index (χ1v) is 6.15. The van der Waals surface area contributed by atoms with Gasteiger partial charge >= 0.3 is 5.97 Å². The number of carbonyl (C=O) groups is 1. The highest BCUT2D eigenvalue weighted by molar-refractivity contribution is 5.73. The second-order valence-corrected chi connectivity index (χ2v) is 5.06. The average molecular weight is 233 g/mol. The van der Waals surface area contributed by atoms with Crippen molar-refractivity contribution in [2.24, 2.45) is 11.8 Å². The van der Waals surface area contributed by atoms with Crippen LogP contribution in [0.5, 0.6) is 0 Å². The largest absolute Gasteiger partial charge is 0.481 e. The average Bonchev–Trinajstić information content (AvgIpc) is 3.06. The van der Waals surface area contributed by atoms with Crippen molar-refractivity contribution in [1.29, 1.82) is 0 Å². The summed E-state index contributed by atoms with van der Waals surface area (Å²) in [5.41, 5.74) is 2.43. The summed E-state index contributed by atoms with van der Waals surface area (Å²) in [6.07, 6.45) is 0.812. The minimum absolute atomic E-state index is 0.131. The minimum Gasteiger partial charge on any atom is -0.481 e. The number of nitrogens with one attached hydrogen (secondary N) is 1. The van der Waals surface area contributed by atoms with Gasteiger partial charge in [0.15, 0.2) is 0 Å². The second-order valence-electron chi connectivity index (χ2n) is 5.06. The summed E-state index contributed by atoms with van der Waals surface area (Å²) in [7, 11) is 0. The summed E-state index contributed by atoms with van der Waals surface area (Å²) in [5.74, 6) is -0.0106. The molecule has 0 aliphatic heterocycles. The number of rotatable bonds is 5. The van der Waals surface area contributed by atoms with E-state index < -0.39 is 5.97 Å². The van der Waals surface area contributed by atoms with Crippen LogP contribution in [0.25, 0.3) is 0 Å². The molecule has 0 spiro atoms. The fourth-order valence-electron chi connectivity index (χ4n) is 2.18. The topological polar surface area (TPSA) is 49.3 Å². The van der Waals surface area contributed by atoms with Crippen LogP contribution in [0.4, 0.5) is 5.69 Å². The lowest BCUT2D eigenvalue weighted by atomic mass is 10.0. The molecule has 2 atom stereocenters. The van der Waals surface area contributed by atoms with E-state index in [0.29, 0.717) is 11.8 Å². The summed E-state index contributed by atoms with van der Waals surface area (Å²) in [6, 6.07) is 8.23. The molecule has 3 nitrogen and oxygen atoms in total. The molecule has 2 rings (SSSR count). The van der Waals surface area contributed by atoms with Crippen LogP contribution in [0.1, 0.15) is 31.7 Å². The molecule has 0 bridgehead atoms. The maximum Gasteiger partial charge on any atom is 0.306 e. The number of carboxylic acid groups (broad SMARTS) is 1. The van der Waals surface area contributed by atoms with E-state index in [1.165, 1.54) is 5.56 Å². The first kappa shape index (κ1) is 12.0. The first-order valence-electron chi connectivity index (χ1n) is 6.15. The summed E-state index contributed by atoms with van der Waals surface area (Å²) in [4.78, 5) is 10.7. The van der Waals surface area contributed by atoms with E-state index in [-0.39, 0.29) is 5.92 Å². The molecule has 1 aromatic carbocycles. The molecule has 0 aromatic heterocycles. The van der Waals surface area contributed by atoms with Crippen LogP contribution in [0, 0.1) is 11.8 Å². The van der Waals surface area contributed by atoms with Gasteiger partial charge in [-0.15, -0.1) is 0 Å². The fourth-order valence-corrected chi connectivity index (χ4v) is 2.18. The number of benzene rings is 1. The monoisotopic (exact) mass is 233 g/mol. The molecule has 1 aromatic rings. The molecule has 0 radical (unpaired) electrons. The highest BCUT2D eigenvalue weighted by Gasteiger charge is 2.42. The van der Waals surface area contributed by atoms with E-state index in [1.54, 1.807) is 0 Å². The van der Waals surface area contributed by atoms with Crippen LogP contribution in [-0.4, -0.2) is 17.6 Å². The molecular weight excluding hydrogens is 214 g/mol. The van der Waals surface area contributed by atoms with Gasteiger partial charge in [-0.3, -0.25) is 4.79 Å². The number of anilines is 1. The molecule has 1 saturated carbocycles. The number of hydrogen-bond donors (Lipinski definition) is 2. The highest BCUT2D eigenvalue weighted by atomic mass is 16.4. The Morgan fingerprint density at radius 2 is 2.18 bits per heavy atom. The predicted octanol–water partition coefficient (Wildman–Crippen LogP) is 2.94. The van der Waals surface area contributed by atoms with Crippen molar-refractivity contribution in [2.75, 3.05) is 11.9 Å². The van der Waals surface area contributed by atoms with E-state index in [4.69, 9.17) is 5.11 Å². The Balaban J connectivity index is 1.94. The smallest absolute Gasteiger partial charge is 0.306 e. The minimum atomic E-state index is -0.658. The lowest BCUT2D eigenvalue weighted by Gasteiger charge is -2.14. The van der Waals surface area contributed by atoms with Gasteiger partial charge in [0.1, 0.15) is 0 Å². The van der Waals surface area contributed by atoms with E-state index in [0.717, 1.165) is 18.7 Å². The van der Waals surface area contributed by atoms with Gasteiger partial charge in [0, 0.05) is 12.2 Å². The molecule has 1 fully saturated rings. The Kier molecular flexibility index (Phi) is 3.36. The zero-order valence-corrected chi connectivity index (χ0v) is 10.3. The first-order chi connectivity index (χ1) is 8.09. The molecule has 0 amide bonds. The van der Waals surface area contributed by atoms with Gasteiger partial charge in [-0.05, 0) is 29.9 Å². The molecule has 0 saturated heterocycles. The third-order valence-electron chi connectivity index (χ3n) is 3.38. The third kappa shape index (κ3) is 2.78. The molecule has 1 aliphatic carbocycles. The van der Waals surface area contributed by atoms with Gasteiger partial charge in [-0.25, -0.2) is 0 Å². The molecule has 92 valence electrons. The van der Waals surface area contributed by atoms with E-state index in [1.807, 2.05) is 12.1 Å². The molecule has 2 unspecified atom stereocenters. The van der Waals surface area contributed by atoms with Crippen LogP contribution >= 0.6 is 0 Å². The quantitative estimate of drug-likeness (QED) is 0.822. The van der Waals surface area contributed by atoms with Crippen LogP contribution in [0.15, 0.2) is 24.3 Å². The number of carboxylic acids is 1. The van der Waals surface area contributed by atoms with Gasteiger partial charge in [-0.1, -0.05) is 32.0 Å². The summed E-state index contributed by atoms with van der Waals surface area (Å²) in [5, 5.41) is 12.2. The zero-order chi connectivity index (χ0) is 12.4. The van der Waals surface area contributed by atoms with Crippen molar-refractivity contribution in [1.82, 2.24) is 0 Å². The maximum absolute atomic E-state index is 10.7. The van der Waals surface area contributed by atoms with Crippen molar-refractivity contribution in [2.45, 2.75) is 26.2 Å². The third-order valence-corrected chi connectivity index (χ3v) is 3.38. The normalized spacial score (nSPS) is 22.5. The van der Waals surface area contributed by atoms with Crippen molar-refractivity contribution < 1.29 is 9.90 Å². The Bertz CT molecular complexity index is 414. The summed E-state index contributed by atoms with van der Waals surface area (Å²) >= 11 is 0. The summed E-state index contributed by atoms with van der Waals surface area (Å²) in [6.45, 7) is 5.09. The lowest BCUT2D eigenvalue weighted by Crippen LogP contribution is -2.10. The lowest BCUT2D eigenvalue weighted by molar-refractivity contribution is -0.138. The van der Waals surface area contributed by atoms with Crippen molar-refractivity contribution in [3.05, 3.63) is 29.8 Å². The van der Waals surface area contributed by atoms with Crippen molar-refractivity contribution >= 4 is 11.7 Å². The van der Waals surface area contributed by atoms with Crippen LogP contribution in [0.3, 0.4) is 0 Å². The molecule has 0 heterocycles. The van der Waals surface area contributed by atoms with E-state index >= 15 is 0 Å². The van der Waals surface area contributed by atoms with E-state index in [9.17, 15) is 4.79 Å². The Morgan fingerprint density at radius 1 is 1.47 bits per heavy atom. The van der Waals surface area contributed by atoms with Crippen LogP contribution in [0.2, 0.25) is 0 Å². The summed E-state index contributed by atoms with van der Waals surface area (Å²) < 4.78 is 0. The van der Waals surface area contributed by atoms with Crippen molar-refractivity contribution in [3.63, 3.8) is 0 Å². The van der Waals surface area contributed by atoms with Gasteiger partial charge in [-0.2, -0.15) is 0 Å². The van der Waals surface area contributed by atoms with Crippen LogP contribution in [-0.2, 0) is 4.79 Å². The van der Waals surface area contributed by atoms with Gasteiger partial charge in [0.05, 0.1) is 5.92 Å². The molecule has 17 heavy (non-hydrogen) atoms. The van der Waals surface area contributed by atoms with Crippen LogP contribution < -0.4 is 5.32 Å². The Morgan fingerprint density at radius 3 is 2.76 bits per heavy atom. The predicted molar refractivity (Wildman–Crippen MR) is 68.3 cm³/mol. The zero-order valence-electron chi connectivity index (χ0n) is 10.3. The molecular formula is C14H19NO2. The maximum atomic E-state index is 10.7. The molecule has 2 N–H and O–H groups in total. The van der Waals surface area contributed by atoms with Gasteiger partial charge in [0.25, 0.3) is 0 Å². The standard InChI is InChI=1S/C14H19NO2/c1-9(2)11-5-3-4-6-13(11)15-8-10-7-12(10)14(16)17/h3-6,9-10,12,15H,7-8H2,1-2H3,(H,16,17). The Hall–Kier alpha value is -1.51. The van der Waals surface area contributed by atoms with E-state index in [2.05, 4.69) is 31.3 Å². The van der Waals surface area contributed by atoms with Gasteiger partial charge in [0.2, 0.25) is 0 Å². The van der Waals surface area contributed by atoms with Crippen molar-refractivity contribution in [3.8, 4) is 0 Å².